The number of fused-ring (bicyclic) bond motifs is 15. The van der Waals surface area contributed by atoms with E-state index in [-0.39, 0.29) is 0 Å². The lowest BCUT2D eigenvalue weighted by molar-refractivity contribution is 0.598. The molecule has 1 aliphatic heterocycles. The lowest BCUT2D eigenvalue weighted by Gasteiger charge is -2.35. The van der Waals surface area contributed by atoms with Gasteiger partial charge in [0.2, 0.25) is 9.84 Å². The molecule has 13 rings (SSSR count). The quantitative estimate of drug-likeness (QED) is 0.175. The Balaban J connectivity index is 1.10. The number of benzene rings is 7. The van der Waals surface area contributed by atoms with Crippen LogP contribution in [0.25, 0.3) is 89.7 Å². The highest BCUT2D eigenvalue weighted by molar-refractivity contribution is 7.92. The van der Waals surface area contributed by atoms with E-state index < -0.39 is 15.3 Å². The van der Waals surface area contributed by atoms with Crippen LogP contribution in [-0.4, -0.2) is 28.4 Å². The molecule has 0 saturated carbocycles. The summed E-state index contributed by atoms with van der Waals surface area (Å²) in [6, 6.07) is 64.1. The van der Waals surface area contributed by atoms with Gasteiger partial charge in [0.1, 0.15) is 0 Å². The summed E-state index contributed by atoms with van der Waals surface area (Å²) in [4.78, 5) is 20.2. The van der Waals surface area contributed by atoms with Crippen molar-refractivity contribution < 1.29 is 8.42 Å². The van der Waals surface area contributed by atoms with Gasteiger partial charge in [-0.3, -0.25) is 9.97 Å². The molecule has 10 aromatic rings. The topological polar surface area (TPSA) is 85.7 Å². The van der Waals surface area contributed by atoms with E-state index in [1.807, 2.05) is 66.9 Å². The van der Waals surface area contributed by atoms with E-state index in [0.29, 0.717) is 15.6 Å². The van der Waals surface area contributed by atoms with Crippen molar-refractivity contribution in [1.82, 2.24) is 19.9 Å². The molecule has 0 N–H and O–H groups in total. The predicted octanol–water partition coefficient (Wildman–Crippen LogP) is 12.8. The van der Waals surface area contributed by atoms with Gasteiger partial charge in [-0.15, -0.1) is 0 Å². The molecule has 0 saturated heterocycles. The van der Waals surface area contributed by atoms with E-state index in [0.717, 1.165) is 106 Å². The van der Waals surface area contributed by atoms with Crippen LogP contribution in [0.2, 0.25) is 0 Å². The van der Waals surface area contributed by atoms with Gasteiger partial charge in [0, 0.05) is 52.0 Å². The normalized spacial score (nSPS) is 15.5. The van der Waals surface area contributed by atoms with Crippen LogP contribution in [-0.2, 0) is 15.3 Å². The fraction of sp³-hybridized carbons (Fsp3) is 0.0175. The number of rotatable bonds is 4. The van der Waals surface area contributed by atoms with Crippen LogP contribution >= 0.6 is 0 Å². The molecular weight excluding hydrogens is 805 g/mol. The van der Waals surface area contributed by atoms with Crippen molar-refractivity contribution in [2.24, 2.45) is 0 Å². The minimum absolute atomic E-state index is 0.340. The molecule has 0 radical (unpaired) electrons. The molecule has 0 fully saturated rings. The number of pyridine rings is 2. The summed E-state index contributed by atoms with van der Waals surface area (Å²) < 4.78 is 29.1. The van der Waals surface area contributed by atoms with Gasteiger partial charge in [0.05, 0.1) is 32.3 Å². The summed E-state index contributed by atoms with van der Waals surface area (Å²) in [7, 11) is -3.80. The summed E-state index contributed by atoms with van der Waals surface area (Å²) in [5, 5.41) is 0. The van der Waals surface area contributed by atoms with Crippen LogP contribution in [0.1, 0.15) is 22.3 Å². The Labute approximate surface area is 370 Å². The van der Waals surface area contributed by atoms with Crippen molar-refractivity contribution in [3.8, 4) is 89.7 Å². The number of sulfone groups is 1. The van der Waals surface area contributed by atoms with Crippen molar-refractivity contribution in [1.29, 1.82) is 0 Å². The molecule has 1 spiro atoms. The third-order valence-electron chi connectivity index (χ3n) is 13.2. The van der Waals surface area contributed by atoms with E-state index in [9.17, 15) is 8.42 Å². The largest absolute Gasteiger partial charge is 0.264 e. The smallest absolute Gasteiger partial charge is 0.207 e. The van der Waals surface area contributed by atoms with Crippen molar-refractivity contribution in [2.75, 3.05) is 0 Å². The van der Waals surface area contributed by atoms with Crippen LogP contribution in [0.4, 0.5) is 0 Å². The van der Waals surface area contributed by atoms with E-state index >= 15 is 0 Å². The Morgan fingerprint density at radius 2 is 0.953 bits per heavy atom. The highest BCUT2D eigenvalue weighted by atomic mass is 32.2. The zero-order chi connectivity index (χ0) is 42.6. The second kappa shape index (κ2) is 13.7. The minimum atomic E-state index is -3.80. The van der Waals surface area contributed by atoms with Crippen molar-refractivity contribution in [2.45, 2.75) is 15.2 Å². The molecule has 3 aromatic heterocycles. The second-order valence-electron chi connectivity index (χ2n) is 16.5. The maximum atomic E-state index is 14.6. The first-order valence-corrected chi connectivity index (χ1v) is 22.8. The molecule has 2 aliphatic carbocycles. The van der Waals surface area contributed by atoms with Gasteiger partial charge < -0.3 is 0 Å². The lowest BCUT2D eigenvalue weighted by atomic mass is 9.65. The lowest BCUT2D eigenvalue weighted by Crippen LogP contribution is -2.29. The van der Waals surface area contributed by atoms with Gasteiger partial charge in [0.15, 0.2) is 5.82 Å². The first kappa shape index (κ1) is 36.5. The van der Waals surface area contributed by atoms with Gasteiger partial charge >= 0.3 is 0 Å². The minimum Gasteiger partial charge on any atom is -0.264 e. The van der Waals surface area contributed by atoms with E-state index in [1.165, 1.54) is 0 Å². The number of hydrogen-bond donors (Lipinski definition) is 0. The van der Waals surface area contributed by atoms with Gasteiger partial charge in [0.25, 0.3) is 0 Å². The fourth-order valence-electron chi connectivity index (χ4n) is 10.4. The molecule has 1 unspecified atom stereocenters. The number of hydrogen-bond acceptors (Lipinski definition) is 6. The molecule has 0 amide bonds. The second-order valence-corrected chi connectivity index (χ2v) is 18.4. The Bertz CT molecular complexity index is 3680. The standard InChI is InChI=1S/C57H34N4O2S/c62-64(63)54-23-11-8-20-44(54)46-30-45-42-19-7-10-22-48(42)57(50(45)31-55(46)64)47-21-9-6-18-41(47)39-16-4-5-17-40(39)43-26-24-36(29-49(43)57)53-32-52(35-13-2-1-3-14-35)60-56(61-53)38-25-27-51(59-34-38)37-15-12-28-58-33-37/h1-34H. The molecular formula is C57H34N4O2S. The Morgan fingerprint density at radius 1 is 0.359 bits per heavy atom. The van der Waals surface area contributed by atoms with E-state index in [4.69, 9.17) is 15.0 Å². The average Bonchev–Trinajstić information content (AvgIpc) is 3.73. The highest BCUT2D eigenvalue weighted by Crippen LogP contribution is 2.63. The summed E-state index contributed by atoms with van der Waals surface area (Å²) in [5.41, 5.74) is 17.2. The maximum Gasteiger partial charge on any atom is 0.207 e. The molecule has 300 valence electrons. The van der Waals surface area contributed by atoms with Gasteiger partial charge in [-0.2, -0.15) is 0 Å². The van der Waals surface area contributed by atoms with Gasteiger partial charge in [-0.05, 0) is 110 Å². The average molecular weight is 839 g/mol. The number of nitrogens with zero attached hydrogens (tertiary/aromatic N) is 4. The SMILES string of the molecule is O=S1(=O)c2ccccc2-c2cc3c(cc21)C1(c2ccccc2-c2ccccc2-c2ccc(-c4cc(-c5ccccc5)nc(-c5ccc(-c6cccnc6)nc5)n4)cc21)c1ccccc1-3. The monoisotopic (exact) mass is 838 g/mol. The highest BCUT2D eigenvalue weighted by Gasteiger charge is 2.51. The summed E-state index contributed by atoms with van der Waals surface area (Å²) in [6.45, 7) is 0. The molecule has 64 heavy (non-hydrogen) atoms. The fourth-order valence-corrected chi connectivity index (χ4v) is 12.1. The third kappa shape index (κ3) is 5.16. The van der Waals surface area contributed by atoms with E-state index in [1.54, 1.807) is 24.5 Å². The molecule has 7 aromatic carbocycles. The third-order valence-corrected chi connectivity index (χ3v) is 15.1. The van der Waals surface area contributed by atoms with Crippen molar-refractivity contribution >= 4 is 9.84 Å². The molecule has 7 heteroatoms. The summed E-state index contributed by atoms with van der Waals surface area (Å²) >= 11 is 0. The molecule has 4 heterocycles. The molecule has 6 nitrogen and oxygen atoms in total. The van der Waals surface area contributed by atoms with Crippen LogP contribution < -0.4 is 0 Å². The maximum absolute atomic E-state index is 14.6. The van der Waals surface area contributed by atoms with Crippen LogP contribution in [0.3, 0.4) is 0 Å². The van der Waals surface area contributed by atoms with E-state index in [2.05, 4.69) is 120 Å². The first-order valence-electron chi connectivity index (χ1n) is 21.3. The van der Waals surface area contributed by atoms with Crippen LogP contribution in [0.5, 0.6) is 0 Å². The zero-order valence-corrected chi connectivity index (χ0v) is 35.0. The Kier molecular flexibility index (Phi) is 7.81. The first-order chi connectivity index (χ1) is 31.5. The van der Waals surface area contributed by atoms with Crippen LogP contribution in [0.15, 0.2) is 216 Å². The predicted molar refractivity (Wildman–Crippen MR) is 252 cm³/mol. The van der Waals surface area contributed by atoms with Gasteiger partial charge in [-0.25, -0.2) is 18.4 Å². The summed E-state index contributed by atoms with van der Waals surface area (Å²) in [6.07, 6.45) is 5.39. The molecule has 0 bridgehead atoms. The number of aromatic nitrogens is 4. The molecule has 3 aliphatic rings. The summed E-state index contributed by atoms with van der Waals surface area (Å²) in [5.74, 6) is 0.554. The zero-order valence-electron chi connectivity index (χ0n) is 34.1. The molecule has 1 atom stereocenters. The van der Waals surface area contributed by atoms with Crippen molar-refractivity contribution in [3.05, 3.63) is 229 Å². The van der Waals surface area contributed by atoms with Gasteiger partial charge in [-0.1, -0.05) is 133 Å². The Hall–Kier alpha value is -8.13. The van der Waals surface area contributed by atoms with Crippen molar-refractivity contribution in [3.63, 3.8) is 0 Å². The van der Waals surface area contributed by atoms with Crippen LogP contribution in [0, 0.1) is 0 Å². The Morgan fingerprint density at radius 3 is 1.66 bits per heavy atom.